The molecule has 6 heteroatoms. The van der Waals surface area contributed by atoms with Crippen molar-refractivity contribution in [1.82, 2.24) is 15.1 Å². The molecule has 1 unspecified atom stereocenters. The number of rotatable bonds is 5. The van der Waals surface area contributed by atoms with Crippen LogP contribution in [-0.4, -0.2) is 55.5 Å². The second-order valence-corrected chi connectivity index (χ2v) is 7.52. The highest BCUT2D eigenvalue weighted by molar-refractivity contribution is 9.10. The zero-order valence-electron chi connectivity index (χ0n) is 14.8. The summed E-state index contributed by atoms with van der Waals surface area (Å²) in [6.45, 7) is 4.71. The number of nitrogens with one attached hydrogen (secondary N) is 1. The van der Waals surface area contributed by atoms with E-state index in [0.717, 1.165) is 38.3 Å². The summed E-state index contributed by atoms with van der Waals surface area (Å²) in [5, 5.41) is 3.09. The van der Waals surface area contributed by atoms with Crippen molar-refractivity contribution in [2.24, 2.45) is 0 Å². The third kappa shape index (κ3) is 4.90. The number of amides is 1. The number of hydrogen-bond acceptors (Lipinski definition) is 3. The molecule has 1 saturated heterocycles. The molecule has 0 radical (unpaired) electrons. The lowest BCUT2D eigenvalue weighted by atomic mass is 10.0. The van der Waals surface area contributed by atoms with E-state index in [1.807, 2.05) is 30.3 Å². The Hall–Kier alpha value is -1.76. The number of nitrogens with zero attached hydrogens (tertiary/aromatic N) is 2. The van der Waals surface area contributed by atoms with Gasteiger partial charge in [0, 0.05) is 37.2 Å². The molecule has 0 saturated carbocycles. The van der Waals surface area contributed by atoms with Crippen molar-refractivity contribution >= 4 is 21.8 Å². The summed E-state index contributed by atoms with van der Waals surface area (Å²) in [5.74, 6) is -0.701. The average Bonchev–Trinajstić information content (AvgIpc) is 2.65. The Morgan fingerprint density at radius 3 is 2.54 bits per heavy atom. The predicted molar refractivity (Wildman–Crippen MR) is 105 cm³/mol. The molecule has 1 fully saturated rings. The highest BCUT2D eigenvalue weighted by atomic mass is 79.9. The van der Waals surface area contributed by atoms with Crippen molar-refractivity contribution in [3.63, 3.8) is 0 Å². The number of benzene rings is 2. The van der Waals surface area contributed by atoms with Crippen molar-refractivity contribution in [2.75, 3.05) is 39.8 Å². The molecule has 3 rings (SSSR count). The van der Waals surface area contributed by atoms with Crippen LogP contribution in [0.3, 0.4) is 0 Å². The Bertz CT molecular complexity index is 748. The van der Waals surface area contributed by atoms with Crippen LogP contribution in [0.15, 0.2) is 53.0 Å². The van der Waals surface area contributed by atoms with Crippen molar-refractivity contribution in [2.45, 2.75) is 6.04 Å². The monoisotopic (exact) mass is 419 g/mol. The van der Waals surface area contributed by atoms with Gasteiger partial charge in [0.05, 0.1) is 11.6 Å². The summed E-state index contributed by atoms with van der Waals surface area (Å²) in [6, 6.07) is 13.9. The van der Waals surface area contributed by atoms with Crippen LogP contribution in [0.4, 0.5) is 4.39 Å². The minimum absolute atomic E-state index is 0.151. The van der Waals surface area contributed by atoms with Gasteiger partial charge in [0.15, 0.2) is 0 Å². The first-order valence-electron chi connectivity index (χ1n) is 8.74. The maximum Gasteiger partial charge on any atom is 0.253 e. The largest absolute Gasteiger partial charge is 0.344 e. The predicted octanol–water partition coefficient (Wildman–Crippen LogP) is 3.31. The molecule has 1 N–H and O–H groups in total. The maximum absolute atomic E-state index is 13.6. The van der Waals surface area contributed by atoms with E-state index >= 15 is 0 Å². The van der Waals surface area contributed by atoms with Gasteiger partial charge in [-0.15, -0.1) is 0 Å². The smallest absolute Gasteiger partial charge is 0.253 e. The van der Waals surface area contributed by atoms with Gasteiger partial charge in [-0.1, -0.05) is 30.3 Å². The van der Waals surface area contributed by atoms with Crippen LogP contribution in [0.2, 0.25) is 0 Å². The van der Waals surface area contributed by atoms with Gasteiger partial charge < -0.3 is 10.2 Å². The summed E-state index contributed by atoms with van der Waals surface area (Å²) in [4.78, 5) is 17.4. The molecular formula is C20H23BrFN3O. The van der Waals surface area contributed by atoms with Crippen molar-refractivity contribution in [3.8, 4) is 0 Å². The molecule has 0 spiro atoms. The lowest BCUT2D eigenvalue weighted by Gasteiger charge is -2.35. The van der Waals surface area contributed by atoms with E-state index in [-0.39, 0.29) is 11.9 Å². The molecule has 1 aliphatic rings. The van der Waals surface area contributed by atoms with Crippen molar-refractivity contribution in [3.05, 3.63) is 69.9 Å². The van der Waals surface area contributed by atoms with Gasteiger partial charge in [-0.05, 0) is 46.7 Å². The summed E-state index contributed by atoms with van der Waals surface area (Å²) in [5.41, 5.74) is 1.36. The maximum atomic E-state index is 13.6. The molecule has 2 aromatic carbocycles. The van der Waals surface area contributed by atoms with Gasteiger partial charge >= 0.3 is 0 Å². The van der Waals surface area contributed by atoms with Gasteiger partial charge in [0.1, 0.15) is 5.82 Å². The fraction of sp³-hybridized carbons (Fsp3) is 0.350. The van der Waals surface area contributed by atoms with Crippen LogP contribution < -0.4 is 5.32 Å². The normalized spacial score (nSPS) is 17.0. The quantitative estimate of drug-likeness (QED) is 0.807. The number of halogens is 2. The van der Waals surface area contributed by atoms with Crippen LogP contribution in [0, 0.1) is 5.82 Å². The Labute approximate surface area is 162 Å². The second kappa shape index (κ2) is 8.75. The second-order valence-electron chi connectivity index (χ2n) is 6.66. The Morgan fingerprint density at radius 1 is 1.15 bits per heavy atom. The molecule has 1 amide bonds. The SMILES string of the molecule is CN1CCN(CC(NC(=O)c2cc(F)ccc2Br)c2ccccc2)CC1. The molecule has 26 heavy (non-hydrogen) atoms. The fourth-order valence-corrected chi connectivity index (χ4v) is 3.54. The van der Waals surface area contributed by atoms with Crippen LogP contribution in [0.1, 0.15) is 22.0 Å². The lowest BCUT2D eigenvalue weighted by molar-refractivity contribution is 0.0906. The minimum atomic E-state index is -0.423. The van der Waals surface area contributed by atoms with Crippen molar-refractivity contribution < 1.29 is 9.18 Å². The van der Waals surface area contributed by atoms with Crippen molar-refractivity contribution in [1.29, 1.82) is 0 Å². The van der Waals surface area contributed by atoms with E-state index in [1.54, 1.807) is 6.07 Å². The van der Waals surface area contributed by atoms with Crippen LogP contribution in [-0.2, 0) is 0 Å². The Morgan fingerprint density at radius 2 is 1.85 bits per heavy atom. The molecule has 1 aliphatic heterocycles. The zero-order chi connectivity index (χ0) is 18.5. The topological polar surface area (TPSA) is 35.6 Å². The average molecular weight is 420 g/mol. The van der Waals surface area contributed by atoms with E-state index in [9.17, 15) is 9.18 Å². The molecular weight excluding hydrogens is 397 g/mol. The number of hydrogen-bond donors (Lipinski definition) is 1. The van der Waals surface area contributed by atoms with Gasteiger partial charge in [0.2, 0.25) is 0 Å². The van der Waals surface area contributed by atoms with Crippen LogP contribution in [0.5, 0.6) is 0 Å². The first-order valence-corrected chi connectivity index (χ1v) is 9.54. The van der Waals surface area contributed by atoms with Gasteiger partial charge in [-0.3, -0.25) is 9.69 Å². The van der Waals surface area contributed by atoms with Gasteiger partial charge in [0.25, 0.3) is 5.91 Å². The summed E-state index contributed by atoms with van der Waals surface area (Å²) < 4.78 is 14.1. The molecule has 1 heterocycles. The van der Waals surface area contributed by atoms with Gasteiger partial charge in [-0.25, -0.2) is 4.39 Å². The lowest BCUT2D eigenvalue weighted by Crippen LogP contribution is -2.47. The number of carbonyl (C=O) groups excluding carboxylic acids is 1. The summed E-state index contributed by atoms with van der Waals surface area (Å²) >= 11 is 3.34. The number of piperazine rings is 1. The molecule has 0 bridgehead atoms. The van der Waals surface area contributed by atoms with E-state index in [4.69, 9.17) is 0 Å². The first-order chi connectivity index (χ1) is 12.5. The standard InChI is InChI=1S/C20H23BrFN3O/c1-24-9-11-25(12-10-24)14-19(15-5-3-2-4-6-15)23-20(26)17-13-16(22)7-8-18(17)21/h2-8,13,19H,9-12,14H2,1H3,(H,23,26). The molecule has 138 valence electrons. The first kappa shape index (κ1) is 19.0. The van der Waals surface area contributed by atoms with E-state index in [2.05, 4.69) is 38.1 Å². The molecule has 0 aliphatic carbocycles. The van der Waals surface area contributed by atoms with E-state index in [0.29, 0.717) is 10.0 Å². The number of carbonyl (C=O) groups is 1. The molecule has 1 atom stereocenters. The minimum Gasteiger partial charge on any atom is -0.344 e. The number of likely N-dealkylation sites (N-methyl/N-ethyl adjacent to an activating group) is 1. The van der Waals surface area contributed by atoms with Crippen LogP contribution in [0.25, 0.3) is 0 Å². The third-order valence-corrected chi connectivity index (χ3v) is 5.41. The Kier molecular flexibility index (Phi) is 6.40. The highest BCUT2D eigenvalue weighted by Crippen LogP contribution is 2.21. The Balaban J connectivity index is 1.77. The molecule has 2 aromatic rings. The molecule has 0 aromatic heterocycles. The zero-order valence-corrected chi connectivity index (χ0v) is 16.4. The van der Waals surface area contributed by atoms with E-state index < -0.39 is 5.82 Å². The molecule has 4 nitrogen and oxygen atoms in total. The summed E-state index contributed by atoms with van der Waals surface area (Å²) in [7, 11) is 2.12. The third-order valence-electron chi connectivity index (χ3n) is 4.72. The fourth-order valence-electron chi connectivity index (χ4n) is 3.12. The van der Waals surface area contributed by atoms with E-state index in [1.165, 1.54) is 12.1 Å². The van der Waals surface area contributed by atoms with Gasteiger partial charge in [-0.2, -0.15) is 0 Å². The van der Waals surface area contributed by atoms with Crippen LogP contribution >= 0.6 is 15.9 Å². The summed E-state index contributed by atoms with van der Waals surface area (Å²) in [6.07, 6.45) is 0. The highest BCUT2D eigenvalue weighted by Gasteiger charge is 2.22.